The number of nitrogen functional groups attached to an aromatic ring is 1. The lowest BCUT2D eigenvalue weighted by molar-refractivity contribution is 1.10. The van der Waals surface area contributed by atoms with Crippen molar-refractivity contribution in [1.82, 2.24) is 19.6 Å². The Hall–Kier alpha value is -2.43. The van der Waals surface area contributed by atoms with Gasteiger partial charge in [0.05, 0.1) is 5.69 Å². The molecule has 5 heteroatoms. The Labute approximate surface area is 97.9 Å². The molecule has 0 aromatic carbocycles. The monoisotopic (exact) mass is 225 g/mol. The van der Waals surface area contributed by atoms with E-state index < -0.39 is 0 Å². The Morgan fingerprint density at radius 2 is 2.18 bits per heavy atom. The van der Waals surface area contributed by atoms with Crippen molar-refractivity contribution in [2.45, 2.75) is 6.92 Å². The van der Waals surface area contributed by atoms with Gasteiger partial charge in [-0.25, -0.2) is 0 Å². The summed E-state index contributed by atoms with van der Waals surface area (Å²) in [5.74, 6) is 0.753. The molecule has 0 bridgehead atoms. The van der Waals surface area contributed by atoms with E-state index in [9.17, 15) is 0 Å². The third-order valence-corrected chi connectivity index (χ3v) is 2.59. The highest BCUT2D eigenvalue weighted by molar-refractivity contribution is 5.69. The van der Waals surface area contributed by atoms with Crippen molar-refractivity contribution in [3.05, 3.63) is 42.4 Å². The maximum Gasteiger partial charge on any atom is 0.184 e. The third kappa shape index (κ3) is 1.52. The topological polar surface area (TPSA) is 69.1 Å². The molecule has 0 atom stereocenters. The normalized spacial score (nSPS) is 10.9. The van der Waals surface area contributed by atoms with Crippen LogP contribution < -0.4 is 5.73 Å². The highest BCUT2D eigenvalue weighted by Gasteiger charge is 2.10. The molecule has 84 valence electrons. The Kier molecular flexibility index (Phi) is 2.04. The van der Waals surface area contributed by atoms with Crippen LogP contribution in [-0.2, 0) is 0 Å². The molecule has 0 saturated carbocycles. The molecule has 3 heterocycles. The lowest BCUT2D eigenvalue weighted by Crippen LogP contribution is -1.95. The second-order valence-electron chi connectivity index (χ2n) is 3.93. The van der Waals surface area contributed by atoms with Crippen LogP contribution >= 0.6 is 0 Å². The summed E-state index contributed by atoms with van der Waals surface area (Å²) in [5, 5.41) is 8.26. The Morgan fingerprint density at radius 1 is 1.29 bits per heavy atom. The molecule has 0 radical (unpaired) electrons. The number of nitrogens with zero attached hydrogens (tertiary/aromatic N) is 4. The number of aromatic nitrogens is 4. The van der Waals surface area contributed by atoms with Gasteiger partial charge in [0.2, 0.25) is 0 Å². The first-order valence-corrected chi connectivity index (χ1v) is 5.27. The second-order valence-corrected chi connectivity index (χ2v) is 3.93. The van der Waals surface area contributed by atoms with Gasteiger partial charge in [-0.2, -0.15) is 0 Å². The van der Waals surface area contributed by atoms with E-state index in [4.69, 9.17) is 5.73 Å². The van der Waals surface area contributed by atoms with Crippen molar-refractivity contribution < 1.29 is 0 Å². The molecule has 3 aromatic rings. The maximum absolute atomic E-state index is 5.91. The molecule has 5 nitrogen and oxygen atoms in total. The van der Waals surface area contributed by atoms with Crippen LogP contribution in [0, 0.1) is 6.92 Å². The highest BCUT2D eigenvalue weighted by Crippen LogP contribution is 2.21. The Morgan fingerprint density at radius 3 is 2.94 bits per heavy atom. The highest BCUT2D eigenvalue weighted by atomic mass is 15.3. The molecule has 0 aliphatic heterocycles. The van der Waals surface area contributed by atoms with E-state index in [1.165, 1.54) is 0 Å². The van der Waals surface area contributed by atoms with E-state index in [0.29, 0.717) is 11.3 Å². The Balaban J connectivity index is 2.32. The van der Waals surface area contributed by atoms with Gasteiger partial charge in [-0.3, -0.25) is 9.38 Å². The molecule has 17 heavy (non-hydrogen) atoms. The van der Waals surface area contributed by atoms with Gasteiger partial charge in [-0.15, -0.1) is 10.2 Å². The fourth-order valence-corrected chi connectivity index (χ4v) is 1.85. The van der Waals surface area contributed by atoms with E-state index >= 15 is 0 Å². The van der Waals surface area contributed by atoms with E-state index in [2.05, 4.69) is 15.2 Å². The molecule has 0 unspecified atom stereocenters. The quantitative estimate of drug-likeness (QED) is 0.684. The van der Waals surface area contributed by atoms with Crippen molar-refractivity contribution in [3.63, 3.8) is 0 Å². The molecule has 0 aliphatic rings. The molecule has 0 spiro atoms. The number of hydrogen-bond acceptors (Lipinski definition) is 4. The van der Waals surface area contributed by atoms with Crippen LogP contribution in [0.4, 0.5) is 5.69 Å². The summed E-state index contributed by atoms with van der Waals surface area (Å²) in [5.41, 5.74) is 9.21. The summed E-state index contributed by atoms with van der Waals surface area (Å²) >= 11 is 0. The van der Waals surface area contributed by atoms with E-state index in [0.717, 1.165) is 17.0 Å². The number of rotatable bonds is 1. The zero-order valence-corrected chi connectivity index (χ0v) is 9.33. The van der Waals surface area contributed by atoms with Crippen LogP contribution in [0.5, 0.6) is 0 Å². The van der Waals surface area contributed by atoms with Crippen LogP contribution in [0.25, 0.3) is 17.0 Å². The van der Waals surface area contributed by atoms with Gasteiger partial charge >= 0.3 is 0 Å². The second kappa shape index (κ2) is 3.55. The molecule has 2 N–H and O–H groups in total. The maximum atomic E-state index is 5.91. The van der Waals surface area contributed by atoms with Crippen molar-refractivity contribution in [2.75, 3.05) is 5.73 Å². The van der Waals surface area contributed by atoms with Crippen LogP contribution in [0.3, 0.4) is 0 Å². The van der Waals surface area contributed by atoms with Crippen molar-refractivity contribution in [1.29, 1.82) is 0 Å². The molecule has 3 rings (SSSR count). The largest absolute Gasteiger partial charge is 0.396 e. The lowest BCUT2D eigenvalue weighted by atomic mass is 10.2. The molecular formula is C12H11N5. The van der Waals surface area contributed by atoms with Gasteiger partial charge in [0, 0.05) is 24.2 Å². The number of fused-ring (bicyclic) bond motifs is 1. The van der Waals surface area contributed by atoms with Gasteiger partial charge in [0.15, 0.2) is 11.5 Å². The van der Waals surface area contributed by atoms with E-state index in [1.807, 2.05) is 35.7 Å². The molecule has 0 fully saturated rings. The minimum Gasteiger partial charge on any atom is -0.396 e. The van der Waals surface area contributed by atoms with Crippen LogP contribution in [0.15, 0.2) is 36.8 Å². The average molecular weight is 225 g/mol. The van der Waals surface area contributed by atoms with Crippen molar-refractivity contribution in [3.8, 4) is 11.4 Å². The van der Waals surface area contributed by atoms with Gasteiger partial charge < -0.3 is 5.73 Å². The molecule has 0 amide bonds. The van der Waals surface area contributed by atoms with E-state index in [-0.39, 0.29) is 0 Å². The van der Waals surface area contributed by atoms with Crippen molar-refractivity contribution in [2.24, 2.45) is 0 Å². The van der Waals surface area contributed by atoms with Crippen LogP contribution in [-0.4, -0.2) is 19.6 Å². The molecular weight excluding hydrogens is 214 g/mol. The number of aryl methyl sites for hydroxylation is 1. The van der Waals surface area contributed by atoms with Crippen LogP contribution in [0.2, 0.25) is 0 Å². The predicted octanol–water partition coefficient (Wildman–Crippen LogP) is 1.68. The Bertz CT molecular complexity index is 672. The SMILES string of the molecule is Cc1cc(N)c2nnc(-c3cccnc3)n2c1. The van der Waals surface area contributed by atoms with Gasteiger partial charge in [0.25, 0.3) is 0 Å². The minimum atomic E-state index is 0.632. The molecule has 0 saturated heterocycles. The third-order valence-electron chi connectivity index (χ3n) is 2.59. The molecule has 0 aliphatic carbocycles. The predicted molar refractivity (Wildman–Crippen MR) is 65.4 cm³/mol. The van der Waals surface area contributed by atoms with Gasteiger partial charge in [-0.05, 0) is 30.7 Å². The average Bonchev–Trinajstić information content (AvgIpc) is 2.74. The van der Waals surface area contributed by atoms with Crippen molar-refractivity contribution >= 4 is 11.3 Å². The standard InChI is InChI=1S/C12H11N5/c1-8-5-10(13)12-16-15-11(17(12)7-8)9-3-2-4-14-6-9/h2-7H,13H2,1H3. The lowest BCUT2D eigenvalue weighted by Gasteiger charge is -2.02. The number of pyridine rings is 2. The number of hydrogen-bond donors (Lipinski definition) is 1. The first kappa shape index (κ1) is 9.77. The fraction of sp³-hybridized carbons (Fsp3) is 0.0833. The smallest absolute Gasteiger partial charge is 0.184 e. The summed E-state index contributed by atoms with van der Waals surface area (Å²) in [7, 11) is 0. The summed E-state index contributed by atoms with van der Waals surface area (Å²) in [6, 6.07) is 5.70. The zero-order valence-electron chi connectivity index (χ0n) is 9.33. The first-order valence-electron chi connectivity index (χ1n) is 5.27. The first-order chi connectivity index (χ1) is 8.25. The molecule has 3 aromatic heterocycles. The van der Waals surface area contributed by atoms with E-state index in [1.54, 1.807) is 12.4 Å². The fourth-order valence-electron chi connectivity index (χ4n) is 1.85. The minimum absolute atomic E-state index is 0.632. The summed E-state index contributed by atoms with van der Waals surface area (Å²) < 4.78 is 1.89. The summed E-state index contributed by atoms with van der Waals surface area (Å²) in [6.45, 7) is 1.99. The summed E-state index contributed by atoms with van der Waals surface area (Å²) in [4.78, 5) is 4.08. The summed E-state index contributed by atoms with van der Waals surface area (Å²) in [6.07, 6.45) is 5.45. The number of anilines is 1. The number of nitrogens with two attached hydrogens (primary N) is 1. The van der Waals surface area contributed by atoms with Crippen LogP contribution in [0.1, 0.15) is 5.56 Å². The van der Waals surface area contributed by atoms with Gasteiger partial charge in [-0.1, -0.05) is 0 Å². The van der Waals surface area contributed by atoms with Gasteiger partial charge in [0.1, 0.15) is 0 Å². The zero-order chi connectivity index (χ0) is 11.8.